The van der Waals surface area contributed by atoms with Crippen LogP contribution in [0.15, 0.2) is 66.7 Å². The lowest BCUT2D eigenvalue weighted by Gasteiger charge is -2.24. The SMILES string of the molecule is O=C(N[C@@H]1CCC=C(c2ccccc2)C[C@@H](Cl)C1)c1ccccc1. The molecule has 3 rings (SSSR count). The van der Waals surface area contributed by atoms with Crippen molar-refractivity contribution in [2.45, 2.75) is 37.1 Å². The molecule has 1 amide bonds. The lowest BCUT2D eigenvalue weighted by Crippen LogP contribution is -2.37. The molecule has 0 heterocycles. The lowest BCUT2D eigenvalue weighted by molar-refractivity contribution is 0.0933. The fourth-order valence-electron chi connectivity index (χ4n) is 3.17. The predicted octanol–water partition coefficient (Wildman–Crippen LogP) is 5.05. The zero-order valence-electron chi connectivity index (χ0n) is 13.6. The van der Waals surface area contributed by atoms with Crippen LogP contribution in [0.3, 0.4) is 0 Å². The number of carbonyl (C=O) groups excluding carboxylic acids is 1. The standard InChI is InChI=1S/C21H22ClNO/c22-19-14-18(16-8-3-1-4-9-16)12-7-13-20(15-19)23-21(24)17-10-5-2-6-11-17/h1-6,8-12,19-20H,7,13-15H2,(H,23,24)/t19-,20-/m1/s1. The Labute approximate surface area is 148 Å². The van der Waals surface area contributed by atoms with Crippen molar-refractivity contribution in [3.8, 4) is 0 Å². The molecule has 0 saturated carbocycles. The molecule has 0 saturated heterocycles. The van der Waals surface area contributed by atoms with Gasteiger partial charge in [-0.15, -0.1) is 11.6 Å². The van der Waals surface area contributed by atoms with Crippen molar-refractivity contribution in [1.29, 1.82) is 0 Å². The molecule has 0 fully saturated rings. The summed E-state index contributed by atoms with van der Waals surface area (Å²) in [5, 5.41) is 3.16. The van der Waals surface area contributed by atoms with Gasteiger partial charge in [0, 0.05) is 17.0 Å². The third kappa shape index (κ3) is 4.48. The van der Waals surface area contributed by atoms with Gasteiger partial charge >= 0.3 is 0 Å². The molecule has 0 unspecified atom stereocenters. The van der Waals surface area contributed by atoms with Crippen molar-refractivity contribution in [2.24, 2.45) is 0 Å². The van der Waals surface area contributed by atoms with Crippen molar-refractivity contribution in [2.75, 3.05) is 0 Å². The van der Waals surface area contributed by atoms with Crippen molar-refractivity contribution in [3.05, 3.63) is 77.9 Å². The summed E-state index contributed by atoms with van der Waals surface area (Å²) >= 11 is 6.57. The summed E-state index contributed by atoms with van der Waals surface area (Å²) < 4.78 is 0. The minimum absolute atomic E-state index is 0.0164. The van der Waals surface area contributed by atoms with Gasteiger partial charge in [-0.1, -0.05) is 54.6 Å². The van der Waals surface area contributed by atoms with Crippen molar-refractivity contribution in [3.63, 3.8) is 0 Å². The molecule has 1 aliphatic carbocycles. The summed E-state index contributed by atoms with van der Waals surface area (Å²) in [7, 11) is 0. The van der Waals surface area contributed by atoms with Crippen LogP contribution in [0.4, 0.5) is 0 Å². The van der Waals surface area contributed by atoms with Gasteiger partial charge in [0.1, 0.15) is 0 Å². The van der Waals surface area contributed by atoms with E-state index in [1.165, 1.54) is 11.1 Å². The fourth-order valence-corrected chi connectivity index (χ4v) is 3.55. The molecule has 0 aromatic heterocycles. The van der Waals surface area contributed by atoms with Crippen LogP contribution in [0, 0.1) is 0 Å². The zero-order chi connectivity index (χ0) is 16.8. The Balaban J connectivity index is 1.65. The second-order valence-electron chi connectivity index (χ2n) is 6.25. The third-order valence-corrected chi connectivity index (χ3v) is 4.74. The molecule has 3 heteroatoms. The Morgan fingerprint density at radius 1 is 1.00 bits per heavy atom. The first-order valence-electron chi connectivity index (χ1n) is 8.47. The van der Waals surface area contributed by atoms with E-state index in [0.717, 1.165) is 25.7 Å². The second-order valence-corrected chi connectivity index (χ2v) is 6.86. The first-order valence-corrected chi connectivity index (χ1v) is 8.90. The number of allylic oxidation sites excluding steroid dienone is 2. The number of nitrogens with one attached hydrogen (secondary N) is 1. The van der Waals surface area contributed by atoms with Crippen LogP contribution in [-0.4, -0.2) is 17.3 Å². The van der Waals surface area contributed by atoms with E-state index in [1.807, 2.05) is 36.4 Å². The number of amides is 1. The van der Waals surface area contributed by atoms with Crippen LogP contribution in [0.1, 0.15) is 41.6 Å². The first kappa shape index (κ1) is 16.8. The Morgan fingerprint density at radius 2 is 1.67 bits per heavy atom. The van der Waals surface area contributed by atoms with Crippen molar-refractivity contribution < 1.29 is 4.79 Å². The number of alkyl halides is 1. The van der Waals surface area contributed by atoms with Crippen LogP contribution >= 0.6 is 11.6 Å². The fraction of sp³-hybridized carbons (Fsp3) is 0.286. The van der Waals surface area contributed by atoms with Gasteiger partial charge in [0.25, 0.3) is 5.91 Å². The number of carbonyl (C=O) groups is 1. The molecule has 2 aromatic rings. The minimum Gasteiger partial charge on any atom is -0.349 e. The average molecular weight is 340 g/mol. The number of rotatable bonds is 3. The van der Waals surface area contributed by atoms with E-state index in [1.54, 1.807) is 0 Å². The molecule has 2 atom stereocenters. The topological polar surface area (TPSA) is 29.1 Å². The largest absolute Gasteiger partial charge is 0.349 e. The number of halogens is 1. The molecule has 24 heavy (non-hydrogen) atoms. The maximum absolute atomic E-state index is 12.3. The Morgan fingerprint density at radius 3 is 2.38 bits per heavy atom. The predicted molar refractivity (Wildman–Crippen MR) is 100 cm³/mol. The number of hydrogen-bond donors (Lipinski definition) is 1. The highest BCUT2D eigenvalue weighted by Gasteiger charge is 2.21. The van der Waals surface area contributed by atoms with E-state index in [-0.39, 0.29) is 17.3 Å². The minimum atomic E-state index is -0.0164. The van der Waals surface area contributed by atoms with Gasteiger partial charge in [-0.3, -0.25) is 4.79 Å². The highest BCUT2D eigenvalue weighted by atomic mass is 35.5. The summed E-state index contributed by atoms with van der Waals surface area (Å²) in [5.74, 6) is -0.0164. The second kappa shape index (κ2) is 8.16. The van der Waals surface area contributed by atoms with Crippen LogP contribution < -0.4 is 5.32 Å². The summed E-state index contributed by atoms with van der Waals surface area (Å²) in [6.07, 6.45) is 5.77. The Bertz CT molecular complexity index is 696. The van der Waals surface area contributed by atoms with E-state index in [2.05, 4.69) is 35.7 Å². The molecular formula is C21H22ClNO. The normalized spacial score (nSPS) is 21.3. The molecule has 2 nitrogen and oxygen atoms in total. The van der Waals surface area contributed by atoms with E-state index in [4.69, 9.17) is 11.6 Å². The molecule has 124 valence electrons. The molecule has 0 radical (unpaired) electrons. The van der Waals surface area contributed by atoms with Crippen LogP contribution in [0.2, 0.25) is 0 Å². The van der Waals surface area contributed by atoms with Crippen molar-refractivity contribution in [1.82, 2.24) is 5.32 Å². The van der Waals surface area contributed by atoms with Gasteiger partial charge in [0.2, 0.25) is 0 Å². The Kier molecular flexibility index (Phi) is 5.71. The average Bonchev–Trinajstić information content (AvgIpc) is 2.60. The smallest absolute Gasteiger partial charge is 0.251 e. The quantitative estimate of drug-likeness (QED) is 0.779. The van der Waals surface area contributed by atoms with Gasteiger partial charge in [-0.05, 0) is 49.0 Å². The highest BCUT2D eigenvalue weighted by molar-refractivity contribution is 6.21. The highest BCUT2D eigenvalue weighted by Crippen LogP contribution is 2.28. The number of hydrogen-bond acceptors (Lipinski definition) is 1. The Hall–Kier alpha value is -2.06. The van der Waals surface area contributed by atoms with E-state index in [0.29, 0.717) is 5.56 Å². The van der Waals surface area contributed by atoms with E-state index in [9.17, 15) is 4.79 Å². The van der Waals surface area contributed by atoms with Gasteiger partial charge in [0.15, 0.2) is 0 Å². The van der Waals surface area contributed by atoms with Crippen LogP contribution in [0.5, 0.6) is 0 Å². The molecule has 0 bridgehead atoms. The van der Waals surface area contributed by atoms with E-state index >= 15 is 0 Å². The molecule has 1 aliphatic rings. The molecule has 1 N–H and O–H groups in total. The molecular weight excluding hydrogens is 318 g/mol. The summed E-state index contributed by atoms with van der Waals surface area (Å²) in [6.45, 7) is 0. The van der Waals surface area contributed by atoms with Gasteiger partial charge in [-0.2, -0.15) is 0 Å². The van der Waals surface area contributed by atoms with Gasteiger partial charge in [-0.25, -0.2) is 0 Å². The first-order chi connectivity index (χ1) is 11.7. The molecule has 0 aliphatic heterocycles. The maximum Gasteiger partial charge on any atom is 0.251 e. The van der Waals surface area contributed by atoms with Crippen molar-refractivity contribution >= 4 is 23.1 Å². The molecule has 0 spiro atoms. The summed E-state index contributed by atoms with van der Waals surface area (Å²) in [5.41, 5.74) is 3.25. The van der Waals surface area contributed by atoms with E-state index < -0.39 is 0 Å². The monoisotopic (exact) mass is 339 g/mol. The van der Waals surface area contributed by atoms with Crippen LogP contribution in [0.25, 0.3) is 5.57 Å². The number of benzene rings is 2. The zero-order valence-corrected chi connectivity index (χ0v) is 14.4. The summed E-state index contributed by atoms with van der Waals surface area (Å²) in [6, 6.07) is 19.9. The van der Waals surface area contributed by atoms with Gasteiger partial charge < -0.3 is 5.32 Å². The third-order valence-electron chi connectivity index (χ3n) is 4.40. The maximum atomic E-state index is 12.3. The lowest BCUT2D eigenvalue weighted by atomic mass is 9.92. The van der Waals surface area contributed by atoms with Crippen LogP contribution in [-0.2, 0) is 0 Å². The molecule has 2 aromatic carbocycles. The van der Waals surface area contributed by atoms with Gasteiger partial charge in [0.05, 0.1) is 0 Å². The summed E-state index contributed by atoms with van der Waals surface area (Å²) in [4.78, 5) is 12.3.